The molecule has 1 amide bonds. The SMILES string of the molecule is CCN(CC)c1ccc(C=NNC(=O)c2ncn[nH]2)cc1. The molecule has 2 N–H and O–H groups in total. The Morgan fingerprint density at radius 2 is 2.05 bits per heavy atom. The first-order valence-corrected chi connectivity index (χ1v) is 6.78. The second kappa shape index (κ2) is 7.18. The molecular weight excluding hydrogens is 268 g/mol. The van der Waals surface area contributed by atoms with Gasteiger partial charge in [0.15, 0.2) is 0 Å². The molecule has 0 radical (unpaired) electrons. The third-order valence-electron chi connectivity index (χ3n) is 3.03. The van der Waals surface area contributed by atoms with Gasteiger partial charge in [0.1, 0.15) is 6.33 Å². The highest BCUT2D eigenvalue weighted by atomic mass is 16.2. The average Bonchev–Trinajstić information content (AvgIpc) is 3.04. The summed E-state index contributed by atoms with van der Waals surface area (Å²) in [5.41, 5.74) is 4.46. The summed E-state index contributed by atoms with van der Waals surface area (Å²) in [6, 6.07) is 7.98. The molecule has 7 nitrogen and oxygen atoms in total. The van der Waals surface area contributed by atoms with Crippen molar-refractivity contribution < 1.29 is 4.79 Å². The van der Waals surface area contributed by atoms with E-state index in [1.807, 2.05) is 24.3 Å². The van der Waals surface area contributed by atoms with Gasteiger partial charge in [-0.2, -0.15) is 10.2 Å². The molecule has 0 unspecified atom stereocenters. The van der Waals surface area contributed by atoms with E-state index in [1.54, 1.807) is 6.21 Å². The number of amides is 1. The van der Waals surface area contributed by atoms with Crippen LogP contribution in [0.25, 0.3) is 0 Å². The number of anilines is 1. The Labute approximate surface area is 123 Å². The van der Waals surface area contributed by atoms with Gasteiger partial charge < -0.3 is 4.90 Å². The third-order valence-corrected chi connectivity index (χ3v) is 3.03. The minimum Gasteiger partial charge on any atom is -0.372 e. The monoisotopic (exact) mass is 286 g/mol. The Bertz CT molecular complexity index is 586. The van der Waals surface area contributed by atoms with Crippen molar-refractivity contribution in [1.82, 2.24) is 20.6 Å². The van der Waals surface area contributed by atoms with Crippen molar-refractivity contribution in [2.24, 2.45) is 5.10 Å². The summed E-state index contributed by atoms with van der Waals surface area (Å²) in [6.07, 6.45) is 2.85. The summed E-state index contributed by atoms with van der Waals surface area (Å²) in [7, 11) is 0. The molecule has 7 heteroatoms. The zero-order chi connectivity index (χ0) is 15.1. The summed E-state index contributed by atoms with van der Waals surface area (Å²) in [5.74, 6) is -0.299. The van der Waals surface area contributed by atoms with Crippen LogP contribution in [-0.4, -0.2) is 40.4 Å². The molecule has 0 aliphatic heterocycles. The molecule has 21 heavy (non-hydrogen) atoms. The highest BCUT2D eigenvalue weighted by molar-refractivity contribution is 5.91. The van der Waals surface area contributed by atoms with Gasteiger partial charge in [-0.3, -0.25) is 9.89 Å². The number of H-pyrrole nitrogens is 1. The molecule has 0 aliphatic carbocycles. The molecule has 2 rings (SSSR count). The van der Waals surface area contributed by atoms with Crippen LogP contribution in [0.15, 0.2) is 35.7 Å². The van der Waals surface area contributed by atoms with Gasteiger partial charge in [-0.05, 0) is 31.5 Å². The number of rotatable bonds is 6. The topological polar surface area (TPSA) is 86.3 Å². The van der Waals surface area contributed by atoms with Crippen LogP contribution in [0.2, 0.25) is 0 Å². The van der Waals surface area contributed by atoms with E-state index in [1.165, 1.54) is 12.0 Å². The second-order valence-corrected chi connectivity index (χ2v) is 4.30. The molecule has 0 saturated carbocycles. The van der Waals surface area contributed by atoms with Crippen molar-refractivity contribution in [3.8, 4) is 0 Å². The summed E-state index contributed by atoms with van der Waals surface area (Å²) < 4.78 is 0. The smallest absolute Gasteiger partial charge is 0.308 e. The number of hydrogen-bond donors (Lipinski definition) is 2. The Kier molecular flexibility index (Phi) is 5.03. The Morgan fingerprint density at radius 3 is 2.62 bits per heavy atom. The Morgan fingerprint density at radius 1 is 1.33 bits per heavy atom. The molecule has 1 heterocycles. The first-order valence-electron chi connectivity index (χ1n) is 6.78. The normalized spacial score (nSPS) is 10.8. The van der Waals surface area contributed by atoms with Crippen molar-refractivity contribution in [1.29, 1.82) is 0 Å². The average molecular weight is 286 g/mol. The summed E-state index contributed by atoms with van der Waals surface area (Å²) in [4.78, 5) is 17.5. The predicted molar refractivity (Wildman–Crippen MR) is 81.4 cm³/mol. The number of carbonyl (C=O) groups is 1. The van der Waals surface area contributed by atoms with Gasteiger partial charge in [0.05, 0.1) is 6.21 Å². The highest BCUT2D eigenvalue weighted by Gasteiger charge is 2.06. The van der Waals surface area contributed by atoms with Crippen LogP contribution in [0.5, 0.6) is 0 Å². The van der Waals surface area contributed by atoms with Crippen LogP contribution in [0.3, 0.4) is 0 Å². The van der Waals surface area contributed by atoms with E-state index in [0.717, 1.165) is 18.7 Å². The van der Waals surface area contributed by atoms with E-state index in [4.69, 9.17) is 0 Å². The van der Waals surface area contributed by atoms with Crippen molar-refractivity contribution in [2.45, 2.75) is 13.8 Å². The predicted octanol–water partition coefficient (Wildman–Crippen LogP) is 1.41. The lowest BCUT2D eigenvalue weighted by molar-refractivity contribution is 0.0945. The summed E-state index contributed by atoms with van der Waals surface area (Å²) in [6.45, 7) is 6.18. The van der Waals surface area contributed by atoms with Crippen molar-refractivity contribution in [2.75, 3.05) is 18.0 Å². The number of carbonyl (C=O) groups excluding carboxylic acids is 1. The fraction of sp³-hybridized carbons (Fsp3) is 0.286. The largest absolute Gasteiger partial charge is 0.372 e. The van der Waals surface area contributed by atoms with Crippen molar-refractivity contribution >= 4 is 17.8 Å². The lowest BCUT2D eigenvalue weighted by atomic mass is 10.2. The lowest BCUT2D eigenvalue weighted by Gasteiger charge is -2.20. The number of hydrogen-bond acceptors (Lipinski definition) is 5. The standard InChI is InChI=1S/C14H18N6O/c1-3-20(4-2)12-7-5-11(6-8-12)9-16-19-14(21)13-15-10-17-18-13/h5-10H,3-4H2,1-2H3,(H,19,21)(H,15,17,18). The first-order chi connectivity index (χ1) is 10.2. The summed E-state index contributed by atoms with van der Waals surface area (Å²) in [5, 5.41) is 9.95. The van der Waals surface area contributed by atoms with Gasteiger partial charge in [-0.25, -0.2) is 10.4 Å². The van der Waals surface area contributed by atoms with E-state index in [2.05, 4.69) is 44.5 Å². The fourth-order valence-corrected chi connectivity index (χ4v) is 1.89. The van der Waals surface area contributed by atoms with Gasteiger partial charge in [0.2, 0.25) is 5.82 Å². The quantitative estimate of drug-likeness (QED) is 0.621. The fourth-order valence-electron chi connectivity index (χ4n) is 1.89. The highest BCUT2D eigenvalue weighted by Crippen LogP contribution is 2.13. The lowest BCUT2D eigenvalue weighted by Crippen LogP contribution is -2.21. The molecule has 1 aromatic heterocycles. The maximum absolute atomic E-state index is 11.6. The van der Waals surface area contributed by atoms with E-state index < -0.39 is 5.91 Å². The van der Waals surface area contributed by atoms with Crippen LogP contribution in [-0.2, 0) is 0 Å². The second-order valence-electron chi connectivity index (χ2n) is 4.30. The van der Waals surface area contributed by atoms with Crippen LogP contribution in [0, 0.1) is 0 Å². The molecule has 2 aromatic rings. The van der Waals surface area contributed by atoms with Gasteiger partial charge in [-0.15, -0.1) is 0 Å². The number of benzene rings is 1. The minimum absolute atomic E-state index is 0.129. The van der Waals surface area contributed by atoms with Crippen LogP contribution in [0.1, 0.15) is 30.0 Å². The number of nitrogens with zero attached hydrogens (tertiary/aromatic N) is 4. The first kappa shape index (κ1) is 14.7. The maximum atomic E-state index is 11.6. The van der Waals surface area contributed by atoms with Crippen LogP contribution in [0.4, 0.5) is 5.69 Å². The number of hydrazone groups is 1. The number of nitrogens with one attached hydrogen (secondary N) is 2. The van der Waals surface area contributed by atoms with E-state index >= 15 is 0 Å². The molecule has 0 bridgehead atoms. The van der Waals surface area contributed by atoms with Gasteiger partial charge in [0, 0.05) is 18.8 Å². The zero-order valence-electron chi connectivity index (χ0n) is 12.1. The molecule has 0 spiro atoms. The Balaban J connectivity index is 1.94. The minimum atomic E-state index is -0.427. The van der Waals surface area contributed by atoms with Crippen LogP contribution < -0.4 is 10.3 Å². The molecule has 0 fully saturated rings. The number of aromatic amines is 1. The molecular formula is C14H18N6O. The van der Waals surface area contributed by atoms with Gasteiger partial charge >= 0.3 is 5.91 Å². The molecule has 0 atom stereocenters. The summed E-state index contributed by atoms with van der Waals surface area (Å²) >= 11 is 0. The third kappa shape index (κ3) is 3.88. The van der Waals surface area contributed by atoms with Crippen molar-refractivity contribution in [3.05, 3.63) is 42.0 Å². The zero-order valence-corrected chi connectivity index (χ0v) is 12.1. The van der Waals surface area contributed by atoms with Gasteiger partial charge in [0.25, 0.3) is 0 Å². The Hall–Kier alpha value is -2.70. The van der Waals surface area contributed by atoms with E-state index in [-0.39, 0.29) is 5.82 Å². The molecule has 110 valence electrons. The maximum Gasteiger partial charge on any atom is 0.308 e. The molecule has 1 aromatic carbocycles. The number of aromatic nitrogens is 3. The van der Waals surface area contributed by atoms with Crippen LogP contribution >= 0.6 is 0 Å². The van der Waals surface area contributed by atoms with E-state index in [9.17, 15) is 4.79 Å². The van der Waals surface area contributed by atoms with Gasteiger partial charge in [-0.1, -0.05) is 12.1 Å². The van der Waals surface area contributed by atoms with E-state index in [0.29, 0.717) is 0 Å². The van der Waals surface area contributed by atoms with Crippen molar-refractivity contribution in [3.63, 3.8) is 0 Å². The molecule has 0 aliphatic rings. The molecule has 0 saturated heterocycles.